The second kappa shape index (κ2) is 7.08. The predicted octanol–water partition coefficient (Wildman–Crippen LogP) is 1.64. The highest BCUT2D eigenvalue weighted by molar-refractivity contribution is 7.89. The van der Waals surface area contributed by atoms with Gasteiger partial charge in [-0.15, -0.1) is 0 Å². The molecular weight excluding hydrogens is 314 g/mol. The highest BCUT2D eigenvalue weighted by Gasteiger charge is 2.16. The maximum atomic E-state index is 12.0. The third-order valence-corrected chi connectivity index (χ3v) is 5.24. The molecule has 0 unspecified atom stereocenters. The van der Waals surface area contributed by atoms with Crippen molar-refractivity contribution in [2.75, 3.05) is 14.1 Å². The van der Waals surface area contributed by atoms with Gasteiger partial charge in [0, 0.05) is 32.9 Å². The smallest absolute Gasteiger partial charge is 0.242 e. The summed E-state index contributed by atoms with van der Waals surface area (Å²) in [6.07, 6.45) is 0. The Balaban J connectivity index is 1.98. The van der Waals surface area contributed by atoms with Gasteiger partial charge in [-0.3, -0.25) is 4.98 Å². The number of nitrogens with zero attached hydrogens (tertiary/aromatic N) is 2. The van der Waals surface area contributed by atoms with Crippen LogP contribution in [-0.2, 0) is 23.1 Å². The van der Waals surface area contributed by atoms with Crippen LogP contribution in [0.25, 0.3) is 0 Å². The van der Waals surface area contributed by atoms with Gasteiger partial charge in [0.2, 0.25) is 10.0 Å². The van der Waals surface area contributed by atoms with Crippen molar-refractivity contribution < 1.29 is 13.5 Å². The summed E-state index contributed by atoms with van der Waals surface area (Å²) in [6, 6.07) is 10.1. The molecule has 0 amide bonds. The second-order valence-electron chi connectivity index (χ2n) is 5.45. The number of sulfonamides is 1. The summed E-state index contributed by atoms with van der Waals surface area (Å²) in [4.78, 5) is 4.54. The van der Waals surface area contributed by atoms with Gasteiger partial charge < -0.3 is 10.4 Å². The van der Waals surface area contributed by atoms with Crippen LogP contribution in [0.2, 0.25) is 0 Å². The lowest BCUT2D eigenvalue weighted by molar-refractivity contribution is 0.459. The maximum Gasteiger partial charge on any atom is 0.242 e. The summed E-state index contributed by atoms with van der Waals surface area (Å²) in [5, 5.41) is 12.9. The van der Waals surface area contributed by atoms with Crippen molar-refractivity contribution in [3.8, 4) is 5.75 Å². The SMILES string of the molecule is Cc1ccc(O)c(CNCc2ccc(S(=O)(=O)N(C)C)cc2)n1. The van der Waals surface area contributed by atoms with Gasteiger partial charge in [0.25, 0.3) is 0 Å². The molecule has 0 bridgehead atoms. The van der Waals surface area contributed by atoms with E-state index in [4.69, 9.17) is 0 Å². The van der Waals surface area contributed by atoms with Crippen molar-refractivity contribution >= 4 is 10.0 Å². The van der Waals surface area contributed by atoms with E-state index in [2.05, 4.69) is 10.3 Å². The molecular formula is C16H21N3O3S. The van der Waals surface area contributed by atoms with Crippen LogP contribution in [0.5, 0.6) is 5.75 Å². The number of hydrogen-bond acceptors (Lipinski definition) is 5. The van der Waals surface area contributed by atoms with Crippen LogP contribution in [0.1, 0.15) is 17.0 Å². The molecule has 2 aromatic rings. The van der Waals surface area contributed by atoms with E-state index in [1.807, 2.05) is 6.92 Å². The first-order valence-electron chi connectivity index (χ1n) is 7.18. The summed E-state index contributed by atoms with van der Waals surface area (Å²) >= 11 is 0. The molecule has 124 valence electrons. The molecule has 0 saturated carbocycles. The molecule has 0 saturated heterocycles. The molecule has 0 spiro atoms. The fourth-order valence-electron chi connectivity index (χ4n) is 2.05. The highest BCUT2D eigenvalue weighted by Crippen LogP contribution is 2.16. The Morgan fingerprint density at radius 1 is 1.09 bits per heavy atom. The van der Waals surface area contributed by atoms with Crippen LogP contribution >= 0.6 is 0 Å². The van der Waals surface area contributed by atoms with Crippen LogP contribution in [0, 0.1) is 6.92 Å². The molecule has 0 fully saturated rings. The van der Waals surface area contributed by atoms with E-state index in [-0.39, 0.29) is 10.6 Å². The monoisotopic (exact) mass is 335 g/mol. The summed E-state index contributed by atoms with van der Waals surface area (Å²) in [7, 11) is -0.386. The third kappa shape index (κ3) is 4.28. The number of benzene rings is 1. The van der Waals surface area contributed by atoms with E-state index in [1.165, 1.54) is 18.4 Å². The van der Waals surface area contributed by atoms with Gasteiger partial charge in [-0.2, -0.15) is 0 Å². The quantitative estimate of drug-likeness (QED) is 0.838. The van der Waals surface area contributed by atoms with E-state index >= 15 is 0 Å². The average molecular weight is 335 g/mol. The lowest BCUT2D eigenvalue weighted by Crippen LogP contribution is -2.22. The first kappa shape index (κ1) is 17.4. The number of rotatable bonds is 6. The molecule has 0 aliphatic carbocycles. The molecule has 0 aliphatic rings. The van der Waals surface area contributed by atoms with Gasteiger partial charge in [-0.25, -0.2) is 12.7 Å². The van der Waals surface area contributed by atoms with Gasteiger partial charge in [0.05, 0.1) is 10.6 Å². The lowest BCUT2D eigenvalue weighted by Gasteiger charge is -2.12. The number of aryl methyl sites for hydroxylation is 1. The molecule has 0 aliphatic heterocycles. The topological polar surface area (TPSA) is 82.5 Å². The molecule has 23 heavy (non-hydrogen) atoms. The van der Waals surface area contributed by atoms with Crippen LogP contribution in [0.4, 0.5) is 0 Å². The summed E-state index contributed by atoms with van der Waals surface area (Å²) in [5.41, 5.74) is 2.39. The van der Waals surface area contributed by atoms with E-state index in [0.717, 1.165) is 11.3 Å². The molecule has 0 radical (unpaired) electrons. The molecule has 1 aromatic carbocycles. The first-order valence-corrected chi connectivity index (χ1v) is 8.62. The van der Waals surface area contributed by atoms with Crippen LogP contribution in [0.15, 0.2) is 41.3 Å². The Kier molecular flexibility index (Phi) is 5.35. The number of nitrogens with one attached hydrogen (secondary N) is 1. The van der Waals surface area contributed by atoms with Crippen LogP contribution in [-0.4, -0.2) is 36.9 Å². The van der Waals surface area contributed by atoms with E-state index in [0.29, 0.717) is 18.8 Å². The molecule has 1 aromatic heterocycles. The van der Waals surface area contributed by atoms with Gasteiger partial charge in [-0.1, -0.05) is 12.1 Å². The highest BCUT2D eigenvalue weighted by atomic mass is 32.2. The Morgan fingerprint density at radius 2 is 1.74 bits per heavy atom. The fourth-order valence-corrected chi connectivity index (χ4v) is 2.95. The van der Waals surface area contributed by atoms with E-state index < -0.39 is 10.0 Å². The van der Waals surface area contributed by atoms with Gasteiger partial charge in [0.1, 0.15) is 5.75 Å². The van der Waals surface area contributed by atoms with Crippen molar-refractivity contribution in [1.82, 2.24) is 14.6 Å². The molecule has 2 N–H and O–H groups in total. The minimum absolute atomic E-state index is 0.163. The van der Waals surface area contributed by atoms with Crippen molar-refractivity contribution in [1.29, 1.82) is 0 Å². The normalized spacial score (nSPS) is 11.8. The summed E-state index contributed by atoms with van der Waals surface area (Å²) < 4.78 is 25.2. The van der Waals surface area contributed by atoms with E-state index in [1.54, 1.807) is 36.4 Å². The predicted molar refractivity (Wildman–Crippen MR) is 88.5 cm³/mol. The van der Waals surface area contributed by atoms with Crippen LogP contribution < -0.4 is 5.32 Å². The fraction of sp³-hybridized carbons (Fsp3) is 0.312. The van der Waals surface area contributed by atoms with E-state index in [9.17, 15) is 13.5 Å². The zero-order valence-corrected chi connectivity index (χ0v) is 14.3. The largest absolute Gasteiger partial charge is 0.506 e. The Bertz CT molecular complexity index is 772. The minimum Gasteiger partial charge on any atom is -0.506 e. The minimum atomic E-state index is -3.40. The molecule has 7 heteroatoms. The standard InChI is InChI=1S/C16H21N3O3S/c1-12-4-9-16(20)15(18-12)11-17-10-13-5-7-14(8-6-13)23(21,22)19(2)3/h4-9,17,20H,10-11H2,1-3H3. The Morgan fingerprint density at radius 3 is 2.35 bits per heavy atom. The van der Waals surface area contributed by atoms with Gasteiger partial charge >= 0.3 is 0 Å². The zero-order chi connectivity index (χ0) is 17.0. The Hall–Kier alpha value is -1.96. The number of hydrogen-bond donors (Lipinski definition) is 2. The van der Waals surface area contributed by atoms with Crippen molar-refractivity contribution in [3.05, 3.63) is 53.3 Å². The second-order valence-corrected chi connectivity index (χ2v) is 7.61. The number of aromatic hydroxyl groups is 1. The number of aromatic nitrogens is 1. The molecule has 6 nitrogen and oxygen atoms in total. The molecule has 2 rings (SSSR count). The lowest BCUT2D eigenvalue weighted by atomic mass is 10.2. The molecule has 0 atom stereocenters. The van der Waals surface area contributed by atoms with Gasteiger partial charge in [-0.05, 0) is 36.8 Å². The van der Waals surface area contributed by atoms with Crippen molar-refractivity contribution in [2.45, 2.75) is 24.9 Å². The Labute approximate surface area is 136 Å². The van der Waals surface area contributed by atoms with Gasteiger partial charge in [0.15, 0.2) is 0 Å². The molecule has 1 heterocycles. The third-order valence-electron chi connectivity index (χ3n) is 3.41. The first-order chi connectivity index (χ1) is 10.8. The summed E-state index contributed by atoms with van der Waals surface area (Å²) in [5.74, 6) is 0.163. The van der Waals surface area contributed by atoms with Crippen molar-refractivity contribution in [2.24, 2.45) is 0 Å². The summed E-state index contributed by atoms with van der Waals surface area (Å²) in [6.45, 7) is 2.86. The number of pyridine rings is 1. The zero-order valence-electron chi connectivity index (χ0n) is 13.4. The van der Waals surface area contributed by atoms with Crippen LogP contribution in [0.3, 0.4) is 0 Å². The average Bonchev–Trinajstić information content (AvgIpc) is 2.51. The van der Waals surface area contributed by atoms with Crippen molar-refractivity contribution in [3.63, 3.8) is 0 Å². The maximum absolute atomic E-state index is 12.0.